The van der Waals surface area contributed by atoms with E-state index in [1.54, 1.807) is 0 Å². The van der Waals surface area contributed by atoms with Crippen LogP contribution in [0.3, 0.4) is 0 Å². The molecule has 0 amide bonds. The van der Waals surface area contributed by atoms with Crippen LogP contribution in [0.15, 0.2) is 23.3 Å². The van der Waals surface area contributed by atoms with E-state index in [9.17, 15) is 4.79 Å². The van der Waals surface area contributed by atoms with E-state index in [-0.39, 0.29) is 22.7 Å². The van der Waals surface area contributed by atoms with Crippen molar-refractivity contribution in [1.82, 2.24) is 0 Å². The van der Waals surface area contributed by atoms with E-state index in [0.717, 1.165) is 18.4 Å². The number of ketones is 1. The minimum atomic E-state index is -0.350. The summed E-state index contributed by atoms with van der Waals surface area (Å²) in [5, 5.41) is 0. The standard InChI is InChI=1S/C15H18O3/c1-13-4-5-15(3,12(13)16)10-7-14(2)8-17-11(18-14)9(10)6-13/h6-7,11H,4-5,8H2,1-3H3. The van der Waals surface area contributed by atoms with Gasteiger partial charge in [-0.25, -0.2) is 0 Å². The Morgan fingerprint density at radius 3 is 2.78 bits per heavy atom. The number of ether oxygens (including phenoxy) is 2. The third kappa shape index (κ3) is 1.06. The predicted octanol–water partition coefficient (Wildman–Crippen LogP) is 2.37. The van der Waals surface area contributed by atoms with Crippen LogP contribution in [0, 0.1) is 10.8 Å². The molecule has 4 atom stereocenters. The van der Waals surface area contributed by atoms with Gasteiger partial charge < -0.3 is 9.47 Å². The molecule has 1 saturated carbocycles. The first-order valence-corrected chi connectivity index (χ1v) is 6.67. The van der Waals surface area contributed by atoms with Gasteiger partial charge >= 0.3 is 0 Å². The zero-order chi connectivity index (χ0) is 12.8. The maximum Gasteiger partial charge on any atom is 0.185 e. The molecule has 3 heteroatoms. The highest BCUT2D eigenvalue weighted by Gasteiger charge is 2.60. The van der Waals surface area contributed by atoms with Gasteiger partial charge in [-0.3, -0.25) is 4.79 Å². The Morgan fingerprint density at radius 1 is 1.22 bits per heavy atom. The van der Waals surface area contributed by atoms with Crippen molar-refractivity contribution < 1.29 is 14.3 Å². The summed E-state index contributed by atoms with van der Waals surface area (Å²) in [4.78, 5) is 12.7. The van der Waals surface area contributed by atoms with Gasteiger partial charge in [0.25, 0.3) is 0 Å². The van der Waals surface area contributed by atoms with Crippen LogP contribution in [-0.2, 0) is 14.3 Å². The summed E-state index contributed by atoms with van der Waals surface area (Å²) in [5.41, 5.74) is 1.28. The fourth-order valence-electron chi connectivity index (χ4n) is 4.03. The Hall–Kier alpha value is -0.930. The molecular weight excluding hydrogens is 228 g/mol. The number of hydrogen-bond donors (Lipinski definition) is 0. The number of rotatable bonds is 0. The van der Waals surface area contributed by atoms with Gasteiger partial charge in [0, 0.05) is 11.0 Å². The lowest BCUT2D eigenvalue weighted by molar-refractivity contribution is -0.130. The second-order valence-corrected chi connectivity index (χ2v) is 6.81. The predicted molar refractivity (Wildman–Crippen MR) is 65.9 cm³/mol. The highest BCUT2D eigenvalue weighted by molar-refractivity contribution is 5.99. The molecule has 2 fully saturated rings. The van der Waals surface area contributed by atoms with E-state index < -0.39 is 0 Å². The maximum atomic E-state index is 12.7. The van der Waals surface area contributed by atoms with Crippen molar-refractivity contribution in [2.45, 2.75) is 45.5 Å². The zero-order valence-electron chi connectivity index (χ0n) is 11.1. The second-order valence-electron chi connectivity index (χ2n) is 6.81. The summed E-state index contributed by atoms with van der Waals surface area (Å²) in [6.45, 7) is 6.76. The Bertz CT molecular complexity index is 532. The lowest BCUT2D eigenvalue weighted by Crippen LogP contribution is -2.43. The van der Waals surface area contributed by atoms with E-state index >= 15 is 0 Å². The van der Waals surface area contributed by atoms with Crippen LogP contribution in [-0.4, -0.2) is 24.3 Å². The molecule has 2 heterocycles. The normalized spacial score (nSPS) is 53.1. The summed E-state index contributed by atoms with van der Waals surface area (Å²) in [6.07, 6.45) is 5.85. The molecule has 0 aromatic rings. The molecule has 4 aliphatic rings. The topological polar surface area (TPSA) is 35.5 Å². The summed E-state index contributed by atoms with van der Waals surface area (Å²) in [7, 11) is 0. The van der Waals surface area contributed by atoms with Crippen LogP contribution < -0.4 is 0 Å². The van der Waals surface area contributed by atoms with Crippen molar-refractivity contribution in [2.75, 3.05) is 6.61 Å². The molecule has 4 bridgehead atoms. The number of hydrogen-bond acceptors (Lipinski definition) is 3. The van der Waals surface area contributed by atoms with Crippen molar-refractivity contribution in [2.24, 2.45) is 10.8 Å². The van der Waals surface area contributed by atoms with Gasteiger partial charge in [-0.1, -0.05) is 6.08 Å². The summed E-state index contributed by atoms with van der Waals surface area (Å²) in [6, 6.07) is 0. The third-order valence-corrected chi connectivity index (χ3v) is 5.14. The monoisotopic (exact) mass is 246 g/mol. The summed E-state index contributed by atoms with van der Waals surface area (Å²) in [5.74, 6) is 0.370. The highest BCUT2D eigenvalue weighted by Crippen LogP contribution is 2.59. The molecular formula is C15H18O3. The molecule has 2 aliphatic carbocycles. The molecule has 4 rings (SSSR count). The van der Waals surface area contributed by atoms with Gasteiger partial charge in [0.15, 0.2) is 12.1 Å². The second kappa shape index (κ2) is 2.81. The fraction of sp³-hybridized carbons (Fsp3) is 0.667. The average molecular weight is 246 g/mol. The van der Waals surface area contributed by atoms with Gasteiger partial charge in [-0.05, 0) is 45.3 Å². The Kier molecular flexibility index (Phi) is 1.71. The van der Waals surface area contributed by atoms with Gasteiger partial charge in [0.2, 0.25) is 0 Å². The molecule has 96 valence electrons. The minimum absolute atomic E-state index is 0.264. The van der Waals surface area contributed by atoms with Crippen LogP contribution in [0.4, 0.5) is 0 Å². The lowest BCUT2D eigenvalue weighted by Gasteiger charge is -2.40. The third-order valence-electron chi connectivity index (χ3n) is 5.14. The molecule has 0 radical (unpaired) electrons. The van der Waals surface area contributed by atoms with Crippen molar-refractivity contribution in [3.8, 4) is 0 Å². The summed E-state index contributed by atoms with van der Waals surface area (Å²) >= 11 is 0. The Morgan fingerprint density at radius 2 is 2.00 bits per heavy atom. The molecule has 4 unspecified atom stereocenters. The van der Waals surface area contributed by atoms with E-state index in [1.807, 2.05) is 13.8 Å². The molecule has 0 aromatic heterocycles. The number of fused-ring (bicyclic) bond motifs is 7. The molecule has 0 spiro atoms. The summed E-state index contributed by atoms with van der Waals surface area (Å²) < 4.78 is 11.7. The zero-order valence-corrected chi connectivity index (χ0v) is 11.1. The van der Waals surface area contributed by atoms with Crippen molar-refractivity contribution in [1.29, 1.82) is 0 Å². The molecule has 0 aromatic carbocycles. The van der Waals surface area contributed by atoms with E-state index in [1.165, 1.54) is 5.57 Å². The van der Waals surface area contributed by atoms with Gasteiger partial charge in [-0.2, -0.15) is 0 Å². The minimum Gasteiger partial charge on any atom is -0.345 e. The van der Waals surface area contributed by atoms with Gasteiger partial charge in [0.05, 0.1) is 12.0 Å². The fourth-order valence-corrected chi connectivity index (χ4v) is 4.03. The maximum absolute atomic E-state index is 12.7. The van der Waals surface area contributed by atoms with Crippen LogP contribution >= 0.6 is 0 Å². The van der Waals surface area contributed by atoms with Crippen LogP contribution in [0.1, 0.15) is 33.6 Å². The van der Waals surface area contributed by atoms with E-state index in [4.69, 9.17) is 9.47 Å². The Balaban J connectivity index is 1.98. The largest absolute Gasteiger partial charge is 0.345 e. The average Bonchev–Trinajstić information content (AvgIpc) is 2.71. The molecule has 3 nitrogen and oxygen atoms in total. The van der Waals surface area contributed by atoms with Gasteiger partial charge in [-0.15, -0.1) is 0 Å². The van der Waals surface area contributed by atoms with Crippen LogP contribution in [0.2, 0.25) is 0 Å². The molecule has 2 aliphatic heterocycles. The number of Topliss-reactive ketones (excluding diaryl/α,β-unsaturated/α-hetero) is 1. The van der Waals surface area contributed by atoms with Gasteiger partial charge in [0.1, 0.15) is 5.60 Å². The lowest BCUT2D eigenvalue weighted by atomic mass is 9.66. The molecule has 18 heavy (non-hydrogen) atoms. The number of allylic oxidation sites excluding steroid dienone is 1. The quantitative estimate of drug-likeness (QED) is 0.658. The van der Waals surface area contributed by atoms with Crippen molar-refractivity contribution >= 4 is 5.78 Å². The number of carbonyl (C=O) groups is 1. The van der Waals surface area contributed by atoms with E-state index in [0.29, 0.717) is 12.4 Å². The highest BCUT2D eigenvalue weighted by atomic mass is 16.7. The smallest absolute Gasteiger partial charge is 0.185 e. The van der Waals surface area contributed by atoms with Crippen molar-refractivity contribution in [3.63, 3.8) is 0 Å². The SMILES string of the molecule is CC12C=C3C(=CC4(C)CCC3(C)C4=O)C(OC1)O2. The molecule has 1 saturated heterocycles. The number of carbonyl (C=O) groups excluding carboxylic acids is 1. The van der Waals surface area contributed by atoms with E-state index in [2.05, 4.69) is 19.1 Å². The Labute approximate surface area is 107 Å². The first-order valence-electron chi connectivity index (χ1n) is 6.67. The first kappa shape index (κ1) is 10.9. The van der Waals surface area contributed by atoms with Crippen LogP contribution in [0.25, 0.3) is 0 Å². The molecule has 0 N–H and O–H groups in total. The first-order chi connectivity index (χ1) is 8.36. The van der Waals surface area contributed by atoms with Crippen LogP contribution in [0.5, 0.6) is 0 Å². The van der Waals surface area contributed by atoms with Crippen molar-refractivity contribution in [3.05, 3.63) is 23.3 Å².